The van der Waals surface area contributed by atoms with Crippen LogP contribution in [0, 0.1) is 0 Å². The molecule has 0 aliphatic carbocycles. The van der Waals surface area contributed by atoms with Gasteiger partial charge in [0.25, 0.3) is 5.91 Å². The topological polar surface area (TPSA) is 113 Å². The Kier molecular flexibility index (Phi) is 8.63. The zero-order chi connectivity index (χ0) is 28.2. The van der Waals surface area contributed by atoms with E-state index < -0.39 is 30.3 Å². The number of hydrogen-bond donors (Lipinski definition) is 1. The van der Waals surface area contributed by atoms with Gasteiger partial charge in [-0.05, 0) is 30.0 Å². The monoisotopic (exact) mass is 567 g/mol. The number of carbonyl (C=O) groups excluding carboxylic acids is 2. The molecule has 1 saturated heterocycles. The maximum Gasteiger partial charge on any atom is 0.573 e. The average molecular weight is 568 g/mol. The summed E-state index contributed by atoms with van der Waals surface area (Å²) in [4.78, 5) is 30.3. The van der Waals surface area contributed by atoms with Gasteiger partial charge < -0.3 is 20.1 Å². The van der Waals surface area contributed by atoms with Crippen LogP contribution in [0.15, 0.2) is 48.9 Å². The summed E-state index contributed by atoms with van der Waals surface area (Å²) in [5, 5.41) is 4.24. The first kappa shape index (κ1) is 28.2. The molecule has 0 spiro atoms. The second-order valence-electron chi connectivity index (χ2n) is 8.80. The number of alkyl halides is 4. The number of ether oxygens (including phenoxy) is 2. The van der Waals surface area contributed by atoms with Gasteiger partial charge in [0.15, 0.2) is 6.17 Å². The Morgan fingerprint density at radius 3 is 2.56 bits per heavy atom. The Morgan fingerprint density at radius 1 is 1.18 bits per heavy atom. The Bertz CT molecular complexity index is 1320. The summed E-state index contributed by atoms with van der Waals surface area (Å²) in [6, 6.07) is 6.42. The van der Waals surface area contributed by atoms with Crippen molar-refractivity contribution >= 4 is 23.6 Å². The van der Waals surface area contributed by atoms with Gasteiger partial charge in [0.05, 0.1) is 25.0 Å². The maximum absolute atomic E-state index is 15.0. The highest BCUT2D eigenvalue weighted by atomic mass is 32.2. The third kappa shape index (κ3) is 7.40. The molecule has 0 saturated carbocycles. The van der Waals surface area contributed by atoms with Crippen LogP contribution in [0.25, 0.3) is 11.1 Å². The zero-order valence-corrected chi connectivity index (χ0v) is 21.5. The molecule has 14 heteroatoms. The number of hydrogen-bond acceptors (Lipinski definition) is 7. The quantitative estimate of drug-likeness (QED) is 0.391. The number of rotatable bonds is 9. The zero-order valence-electron chi connectivity index (χ0n) is 20.7. The van der Waals surface area contributed by atoms with E-state index in [0.717, 1.165) is 17.7 Å². The molecule has 1 unspecified atom stereocenters. The summed E-state index contributed by atoms with van der Waals surface area (Å²) in [5.41, 5.74) is 7.31. The number of nitrogens with two attached hydrogens (primary N) is 1. The summed E-state index contributed by atoms with van der Waals surface area (Å²) in [6.45, 7) is -0.0742. The molecule has 0 radical (unpaired) electrons. The van der Waals surface area contributed by atoms with Crippen LogP contribution in [0.3, 0.4) is 0 Å². The van der Waals surface area contributed by atoms with Gasteiger partial charge in [-0.3, -0.25) is 14.3 Å². The van der Waals surface area contributed by atoms with E-state index in [1.807, 2.05) is 6.26 Å². The number of benzene rings is 1. The van der Waals surface area contributed by atoms with Crippen LogP contribution in [-0.2, 0) is 17.1 Å². The van der Waals surface area contributed by atoms with Gasteiger partial charge in [0.2, 0.25) is 11.8 Å². The third-order valence-electron chi connectivity index (χ3n) is 5.95. The normalized spacial score (nSPS) is 17.6. The van der Waals surface area contributed by atoms with Crippen LogP contribution in [-0.4, -0.2) is 69.5 Å². The second-order valence-corrected chi connectivity index (χ2v) is 9.63. The molecule has 2 N–H and O–H groups in total. The first-order valence-corrected chi connectivity index (χ1v) is 13.2. The molecule has 3 heterocycles. The van der Waals surface area contributed by atoms with E-state index in [4.69, 9.17) is 10.5 Å². The predicted molar refractivity (Wildman–Crippen MR) is 135 cm³/mol. The molecule has 4 rings (SSSR count). The lowest BCUT2D eigenvalue weighted by Crippen LogP contribution is -2.49. The second kappa shape index (κ2) is 11.9. The summed E-state index contributed by atoms with van der Waals surface area (Å²) in [7, 11) is 0. The van der Waals surface area contributed by atoms with E-state index >= 15 is 4.39 Å². The highest BCUT2D eigenvalue weighted by molar-refractivity contribution is 7.97. The Balaban J connectivity index is 1.37. The number of nitrogens with zero attached hydrogens (tertiary/aromatic N) is 4. The fraction of sp³-hybridized carbons (Fsp3) is 0.360. The molecule has 2 amide bonds. The van der Waals surface area contributed by atoms with Crippen LogP contribution in [0.2, 0.25) is 0 Å². The summed E-state index contributed by atoms with van der Waals surface area (Å²) in [5.74, 6) is -1.02. The molecule has 1 fully saturated rings. The van der Waals surface area contributed by atoms with Crippen molar-refractivity contribution in [3.8, 4) is 22.8 Å². The molecule has 1 aliphatic heterocycles. The lowest BCUT2D eigenvalue weighted by atomic mass is 10.0. The van der Waals surface area contributed by atoms with Crippen LogP contribution in [0.4, 0.5) is 17.6 Å². The highest BCUT2D eigenvalue weighted by Crippen LogP contribution is 2.28. The van der Waals surface area contributed by atoms with Crippen molar-refractivity contribution in [1.29, 1.82) is 0 Å². The summed E-state index contributed by atoms with van der Waals surface area (Å²) >= 11 is 1.59. The van der Waals surface area contributed by atoms with Gasteiger partial charge in [-0.25, -0.2) is 9.37 Å². The number of amides is 2. The molecule has 2 aromatic heterocycles. The van der Waals surface area contributed by atoms with Crippen molar-refractivity contribution in [2.24, 2.45) is 5.73 Å². The molecule has 1 aromatic carbocycles. The summed E-state index contributed by atoms with van der Waals surface area (Å²) in [6.07, 6.45) is -0.474. The van der Waals surface area contributed by atoms with E-state index in [1.54, 1.807) is 28.8 Å². The standard InChI is InChI=1S/C25H25F4N5O4S/c1-39-14-34-12-17(11-32-34)16-9-19(23(30)36)24(31-10-16)37-21-6-7-33(13-20(21)26)22(35)8-15-2-4-18(5-3-15)38-25(27,28)29/h2-5,9-12,20-21H,6-8,13-14H2,1H3,(H2,30,36)/t20?,21-/m0/s1. The van der Waals surface area contributed by atoms with Crippen LogP contribution in [0.1, 0.15) is 22.3 Å². The minimum absolute atomic E-state index is 0.00577. The Hall–Kier alpha value is -3.81. The molecule has 208 valence electrons. The van der Waals surface area contributed by atoms with Crippen molar-refractivity contribution in [2.45, 2.75) is 37.4 Å². The van der Waals surface area contributed by atoms with E-state index in [-0.39, 0.29) is 43.3 Å². The number of thioether (sulfide) groups is 1. The van der Waals surface area contributed by atoms with E-state index in [1.165, 1.54) is 29.3 Å². The molecular weight excluding hydrogens is 542 g/mol. The van der Waals surface area contributed by atoms with Crippen molar-refractivity contribution in [3.63, 3.8) is 0 Å². The van der Waals surface area contributed by atoms with Crippen LogP contribution in [0.5, 0.6) is 11.6 Å². The first-order valence-electron chi connectivity index (χ1n) is 11.8. The number of pyridine rings is 1. The van der Waals surface area contributed by atoms with Crippen molar-refractivity contribution in [2.75, 3.05) is 19.3 Å². The van der Waals surface area contributed by atoms with Crippen LogP contribution < -0.4 is 15.2 Å². The molecule has 39 heavy (non-hydrogen) atoms. The van der Waals surface area contributed by atoms with Gasteiger partial charge >= 0.3 is 6.36 Å². The lowest BCUT2D eigenvalue weighted by molar-refractivity contribution is -0.274. The molecule has 9 nitrogen and oxygen atoms in total. The number of piperidine rings is 1. The molecule has 1 aliphatic rings. The number of halogens is 4. The predicted octanol–water partition coefficient (Wildman–Crippen LogP) is 3.82. The van der Waals surface area contributed by atoms with Gasteiger partial charge in [0.1, 0.15) is 17.4 Å². The molecule has 0 bridgehead atoms. The van der Waals surface area contributed by atoms with E-state index in [0.29, 0.717) is 17.0 Å². The van der Waals surface area contributed by atoms with Crippen LogP contribution >= 0.6 is 11.8 Å². The van der Waals surface area contributed by atoms with Gasteiger partial charge in [-0.15, -0.1) is 24.9 Å². The number of carbonyl (C=O) groups is 2. The van der Waals surface area contributed by atoms with Crippen molar-refractivity contribution < 1.29 is 36.6 Å². The smallest absolute Gasteiger partial charge is 0.471 e. The number of likely N-dealkylation sites (tertiary alicyclic amines) is 1. The average Bonchev–Trinajstić information content (AvgIpc) is 3.34. The third-order valence-corrected chi connectivity index (χ3v) is 6.48. The van der Waals surface area contributed by atoms with Crippen molar-refractivity contribution in [3.05, 3.63) is 60.0 Å². The Morgan fingerprint density at radius 2 is 1.92 bits per heavy atom. The lowest BCUT2D eigenvalue weighted by Gasteiger charge is -2.34. The molecule has 2 atom stereocenters. The fourth-order valence-electron chi connectivity index (χ4n) is 4.08. The number of primary amides is 1. The maximum atomic E-state index is 15.0. The van der Waals surface area contributed by atoms with Gasteiger partial charge in [0, 0.05) is 36.5 Å². The van der Waals surface area contributed by atoms with Gasteiger partial charge in [-0.2, -0.15) is 5.10 Å². The largest absolute Gasteiger partial charge is 0.573 e. The highest BCUT2D eigenvalue weighted by Gasteiger charge is 2.34. The van der Waals surface area contributed by atoms with E-state index in [9.17, 15) is 22.8 Å². The fourth-order valence-corrected chi connectivity index (χ4v) is 4.48. The minimum Gasteiger partial charge on any atom is -0.471 e. The summed E-state index contributed by atoms with van der Waals surface area (Å²) < 4.78 is 63.3. The van der Waals surface area contributed by atoms with E-state index in [2.05, 4.69) is 14.8 Å². The van der Waals surface area contributed by atoms with Gasteiger partial charge in [-0.1, -0.05) is 12.1 Å². The molecular formula is C25H25F4N5O4S. The number of aromatic nitrogens is 3. The van der Waals surface area contributed by atoms with Crippen molar-refractivity contribution in [1.82, 2.24) is 19.7 Å². The Labute approximate surface area is 225 Å². The SMILES string of the molecule is CSCn1cc(-c2cnc(O[C@H]3CCN(C(=O)Cc4ccc(OC(F)(F)F)cc4)CC3F)c(C(N)=O)c2)cn1. The first-order chi connectivity index (χ1) is 18.5. The minimum atomic E-state index is -4.81. The molecule has 3 aromatic rings.